The number of hydrogen-bond acceptors (Lipinski definition) is 3. The third-order valence-electron chi connectivity index (χ3n) is 2.82. The molecule has 98 valence electrons. The standard InChI is InChI=1S/C14H25NO2/c1-10-7-12(17-9-14(5,6)16)15-8-11(10)13(2,3)4/h8,10,16H,7,9H2,1-6H3. The topological polar surface area (TPSA) is 41.8 Å². The molecule has 0 aliphatic carbocycles. The largest absolute Gasteiger partial charge is 0.478 e. The lowest BCUT2D eigenvalue weighted by molar-refractivity contribution is 0.0222. The molecular weight excluding hydrogens is 214 g/mol. The molecule has 1 N–H and O–H groups in total. The maximum Gasteiger partial charge on any atom is 0.188 e. The van der Waals surface area contributed by atoms with Gasteiger partial charge >= 0.3 is 0 Å². The molecule has 3 nitrogen and oxygen atoms in total. The molecule has 0 aromatic rings. The molecule has 3 heteroatoms. The number of aliphatic hydroxyl groups is 1. The summed E-state index contributed by atoms with van der Waals surface area (Å²) in [5.41, 5.74) is 0.706. The van der Waals surface area contributed by atoms with Gasteiger partial charge in [-0.25, -0.2) is 4.99 Å². The van der Waals surface area contributed by atoms with E-state index >= 15 is 0 Å². The summed E-state index contributed by atoms with van der Waals surface area (Å²) in [6, 6.07) is 0. The quantitative estimate of drug-likeness (QED) is 0.804. The molecule has 1 heterocycles. The zero-order valence-electron chi connectivity index (χ0n) is 11.9. The number of nitrogens with zero attached hydrogens (tertiary/aromatic N) is 1. The minimum absolute atomic E-state index is 0.157. The fourth-order valence-electron chi connectivity index (χ4n) is 1.98. The van der Waals surface area contributed by atoms with Gasteiger partial charge in [0.15, 0.2) is 5.90 Å². The lowest BCUT2D eigenvalue weighted by Crippen LogP contribution is -2.30. The average molecular weight is 239 g/mol. The lowest BCUT2D eigenvalue weighted by Gasteiger charge is -2.31. The van der Waals surface area contributed by atoms with Crippen molar-refractivity contribution in [2.75, 3.05) is 6.61 Å². The molecule has 0 fully saturated rings. The molecule has 0 bridgehead atoms. The van der Waals surface area contributed by atoms with Gasteiger partial charge in [0.1, 0.15) is 6.61 Å². The lowest BCUT2D eigenvalue weighted by atomic mass is 9.78. The van der Waals surface area contributed by atoms with Crippen LogP contribution in [0.1, 0.15) is 48.0 Å². The van der Waals surface area contributed by atoms with Crippen molar-refractivity contribution in [1.82, 2.24) is 0 Å². The molecule has 1 aliphatic rings. The summed E-state index contributed by atoms with van der Waals surface area (Å²) in [5, 5.41) is 9.60. The van der Waals surface area contributed by atoms with Gasteiger partial charge < -0.3 is 9.84 Å². The zero-order chi connectivity index (χ0) is 13.3. The monoisotopic (exact) mass is 239 g/mol. The predicted molar refractivity (Wildman–Crippen MR) is 71.0 cm³/mol. The van der Waals surface area contributed by atoms with E-state index in [1.54, 1.807) is 13.8 Å². The molecule has 0 saturated heterocycles. The van der Waals surface area contributed by atoms with Crippen molar-refractivity contribution >= 4 is 5.90 Å². The molecule has 1 rings (SSSR count). The van der Waals surface area contributed by atoms with Gasteiger partial charge in [0.05, 0.1) is 5.60 Å². The van der Waals surface area contributed by atoms with Gasteiger partial charge in [-0.05, 0) is 30.8 Å². The van der Waals surface area contributed by atoms with E-state index in [0.29, 0.717) is 5.92 Å². The van der Waals surface area contributed by atoms with E-state index in [1.165, 1.54) is 5.57 Å². The predicted octanol–water partition coefficient (Wildman–Crippen LogP) is 3.14. The number of ether oxygens (including phenoxy) is 1. The van der Waals surface area contributed by atoms with Crippen LogP contribution >= 0.6 is 0 Å². The van der Waals surface area contributed by atoms with Gasteiger partial charge in [0.2, 0.25) is 0 Å². The van der Waals surface area contributed by atoms with Crippen molar-refractivity contribution in [3.05, 3.63) is 11.8 Å². The normalized spacial score (nSPS) is 21.9. The van der Waals surface area contributed by atoms with E-state index in [2.05, 4.69) is 32.7 Å². The van der Waals surface area contributed by atoms with Crippen molar-refractivity contribution in [3.63, 3.8) is 0 Å². The second-order valence-electron chi connectivity index (χ2n) is 6.56. The Morgan fingerprint density at radius 1 is 1.35 bits per heavy atom. The Balaban J connectivity index is 2.69. The van der Waals surface area contributed by atoms with Gasteiger partial charge in [-0.15, -0.1) is 0 Å². The molecule has 1 atom stereocenters. The molecule has 0 saturated carbocycles. The number of hydrogen-bond donors (Lipinski definition) is 1. The highest BCUT2D eigenvalue weighted by Crippen LogP contribution is 2.35. The van der Waals surface area contributed by atoms with Crippen LogP contribution in [0, 0.1) is 11.3 Å². The molecule has 0 aromatic heterocycles. The van der Waals surface area contributed by atoms with Crippen LogP contribution in [0.15, 0.2) is 16.8 Å². The first-order valence-corrected chi connectivity index (χ1v) is 6.22. The van der Waals surface area contributed by atoms with E-state index in [-0.39, 0.29) is 12.0 Å². The number of aliphatic imine (C=N–C) groups is 1. The first kappa shape index (κ1) is 14.2. The first-order chi connectivity index (χ1) is 7.59. The molecule has 17 heavy (non-hydrogen) atoms. The zero-order valence-corrected chi connectivity index (χ0v) is 11.9. The highest BCUT2D eigenvalue weighted by Gasteiger charge is 2.27. The smallest absolute Gasteiger partial charge is 0.188 e. The second kappa shape index (κ2) is 4.81. The Hall–Kier alpha value is -0.830. The summed E-state index contributed by atoms with van der Waals surface area (Å²) in [6.45, 7) is 12.6. The van der Waals surface area contributed by atoms with Crippen molar-refractivity contribution < 1.29 is 9.84 Å². The summed E-state index contributed by atoms with van der Waals surface area (Å²) >= 11 is 0. The van der Waals surface area contributed by atoms with Crippen molar-refractivity contribution in [2.45, 2.75) is 53.6 Å². The summed E-state index contributed by atoms with van der Waals surface area (Å²) in [7, 11) is 0. The summed E-state index contributed by atoms with van der Waals surface area (Å²) in [4.78, 5) is 4.35. The van der Waals surface area contributed by atoms with Crippen molar-refractivity contribution in [1.29, 1.82) is 0 Å². The highest BCUT2D eigenvalue weighted by atomic mass is 16.5. The fourth-order valence-corrected chi connectivity index (χ4v) is 1.98. The van der Waals surface area contributed by atoms with Crippen LogP contribution in [-0.2, 0) is 4.74 Å². The molecule has 0 radical (unpaired) electrons. The first-order valence-electron chi connectivity index (χ1n) is 6.22. The minimum Gasteiger partial charge on any atom is -0.478 e. The second-order valence-corrected chi connectivity index (χ2v) is 6.56. The van der Waals surface area contributed by atoms with E-state index in [9.17, 15) is 5.11 Å². The van der Waals surface area contributed by atoms with Crippen LogP contribution in [0.25, 0.3) is 0 Å². The van der Waals surface area contributed by atoms with E-state index in [4.69, 9.17) is 4.74 Å². The highest BCUT2D eigenvalue weighted by molar-refractivity contribution is 5.78. The minimum atomic E-state index is -0.806. The number of allylic oxidation sites excluding steroid dienone is 1. The maximum atomic E-state index is 9.60. The summed E-state index contributed by atoms with van der Waals surface area (Å²) in [6.07, 6.45) is 2.74. The Bertz CT molecular complexity index is 329. The Labute approximate surface area is 105 Å². The van der Waals surface area contributed by atoms with Crippen molar-refractivity contribution in [3.8, 4) is 0 Å². The molecule has 1 unspecified atom stereocenters. The average Bonchev–Trinajstić information content (AvgIpc) is 2.11. The van der Waals surface area contributed by atoms with Crippen LogP contribution < -0.4 is 0 Å². The third kappa shape index (κ3) is 4.50. The van der Waals surface area contributed by atoms with Crippen molar-refractivity contribution in [2.24, 2.45) is 16.3 Å². The Morgan fingerprint density at radius 3 is 2.35 bits per heavy atom. The molecule has 0 amide bonds. The summed E-state index contributed by atoms with van der Waals surface area (Å²) in [5.74, 6) is 1.18. The summed E-state index contributed by atoms with van der Waals surface area (Å²) < 4.78 is 5.53. The Morgan fingerprint density at radius 2 is 1.94 bits per heavy atom. The fraction of sp³-hybridized carbons (Fsp3) is 0.786. The van der Waals surface area contributed by atoms with Crippen LogP contribution in [0.4, 0.5) is 0 Å². The van der Waals surface area contributed by atoms with Crippen LogP contribution in [0.5, 0.6) is 0 Å². The van der Waals surface area contributed by atoms with E-state index < -0.39 is 5.60 Å². The number of rotatable bonds is 2. The van der Waals surface area contributed by atoms with Gasteiger partial charge in [-0.3, -0.25) is 0 Å². The van der Waals surface area contributed by atoms with E-state index in [1.807, 2.05) is 6.20 Å². The van der Waals surface area contributed by atoms with Gasteiger partial charge in [-0.2, -0.15) is 0 Å². The molecular formula is C14H25NO2. The van der Waals surface area contributed by atoms with Crippen LogP contribution in [0.2, 0.25) is 0 Å². The molecule has 0 aromatic carbocycles. The maximum absolute atomic E-state index is 9.60. The molecule has 0 spiro atoms. The van der Waals surface area contributed by atoms with Crippen LogP contribution in [-0.4, -0.2) is 23.2 Å². The van der Waals surface area contributed by atoms with Gasteiger partial charge in [0, 0.05) is 12.6 Å². The van der Waals surface area contributed by atoms with Crippen LogP contribution in [0.3, 0.4) is 0 Å². The molecule has 1 aliphatic heterocycles. The van der Waals surface area contributed by atoms with Gasteiger partial charge in [0.25, 0.3) is 0 Å². The SMILES string of the molecule is CC1CC(OCC(C)(C)O)=NC=C1C(C)(C)C. The Kier molecular flexibility index (Phi) is 4.03. The van der Waals surface area contributed by atoms with E-state index in [0.717, 1.165) is 12.3 Å². The third-order valence-corrected chi connectivity index (χ3v) is 2.82. The van der Waals surface area contributed by atoms with Gasteiger partial charge in [-0.1, -0.05) is 27.7 Å².